The van der Waals surface area contributed by atoms with Gasteiger partial charge < -0.3 is 15.0 Å². The van der Waals surface area contributed by atoms with E-state index in [1.807, 2.05) is 6.92 Å². The molecule has 0 aliphatic carbocycles. The van der Waals surface area contributed by atoms with Gasteiger partial charge in [-0.05, 0) is 20.3 Å². The number of carbonyl (C=O) groups excluding carboxylic acids is 2. The number of rotatable bonds is 4. The minimum absolute atomic E-state index is 0.274. The van der Waals surface area contributed by atoms with Crippen molar-refractivity contribution in [1.29, 1.82) is 0 Å². The van der Waals surface area contributed by atoms with E-state index >= 15 is 0 Å². The van der Waals surface area contributed by atoms with Gasteiger partial charge in [0.1, 0.15) is 11.3 Å². The lowest BCUT2D eigenvalue weighted by atomic mass is 10.1. The van der Waals surface area contributed by atoms with Gasteiger partial charge >= 0.3 is 5.97 Å². The van der Waals surface area contributed by atoms with Crippen LogP contribution in [0.15, 0.2) is 4.52 Å². The molecule has 0 aliphatic heterocycles. The molecule has 0 saturated heterocycles. The Morgan fingerprint density at radius 1 is 1.56 bits per heavy atom. The van der Waals surface area contributed by atoms with Crippen molar-refractivity contribution < 1.29 is 18.8 Å². The summed E-state index contributed by atoms with van der Waals surface area (Å²) in [5.74, 6) is -0.957. The standard InChI is InChI=1S/C10H14N2O4/c1-4-7-8(5(2)16-12-7)10(14)15-6(3)9(11)13/h6H,4H2,1-3H3,(H2,11,13). The second-order valence-corrected chi connectivity index (χ2v) is 3.36. The smallest absolute Gasteiger partial charge is 0.344 e. The number of aryl methyl sites for hydroxylation is 2. The van der Waals surface area contributed by atoms with Gasteiger partial charge in [0.15, 0.2) is 6.10 Å². The summed E-state index contributed by atoms with van der Waals surface area (Å²) < 4.78 is 9.75. The second kappa shape index (κ2) is 4.78. The van der Waals surface area contributed by atoms with E-state index in [4.69, 9.17) is 15.0 Å². The minimum Gasteiger partial charge on any atom is -0.449 e. The monoisotopic (exact) mass is 226 g/mol. The highest BCUT2D eigenvalue weighted by Crippen LogP contribution is 2.15. The van der Waals surface area contributed by atoms with Gasteiger partial charge in [-0.15, -0.1) is 0 Å². The molecule has 1 heterocycles. The average Bonchev–Trinajstić information content (AvgIpc) is 2.59. The molecule has 1 rings (SSSR count). The van der Waals surface area contributed by atoms with Crippen LogP contribution in [0, 0.1) is 6.92 Å². The first-order valence-corrected chi connectivity index (χ1v) is 4.92. The van der Waals surface area contributed by atoms with Crippen molar-refractivity contribution in [3.05, 3.63) is 17.0 Å². The first-order valence-electron chi connectivity index (χ1n) is 4.92. The van der Waals surface area contributed by atoms with Gasteiger partial charge in [-0.25, -0.2) is 4.79 Å². The van der Waals surface area contributed by atoms with Gasteiger partial charge in [-0.3, -0.25) is 4.79 Å². The maximum atomic E-state index is 11.7. The van der Waals surface area contributed by atoms with Crippen molar-refractivity contribution in [2.24, 2.45) is 5.73 Å². The lowest BCUT2D eigenvalue weighted by molar-refractivity contribution is -0.125. The molecule has 6 nitrogen and oxygen atoms in total. The van der Waals surface area contributed by atoms with E-state index in [1.165, 1.54) is 6.92 Å². The van der Waals surface area contributed by atoms with E-state index in [0.29, 0.717) is 17.9 Å². The number of esters is 1. The average molecular weight is 226 g/mol. The predicted molar refractivity (Wildman–Crippen MR) is 54.7 cm³/mol. The van der Waals surface area contributed by atoms with E-state index in [1.54, 1.807) is 6.92 Å². The molecule has 0 radical (unpaired) electrons. The molecule has 1 aromatic heterocycles. The molecule has 1 unspecified atom stereocenters. The quantitative estimate of drug-likeness (QED) is 0.757. The number of carbonyl (C=O) groups is 2. The molecule has 0 saturated carbocycles. The summed E-state index contributed by atoms with van der Waals surface area (Å²) >= 11 is 0. The van der Waals surface area contributed by atoms with E-state index in [-0.39, 0.29) is 5.56 Å². The molecule has 1 amide bonds. The maximum absolute atomic E-state index is 11.7. The summed E-state index contributed by atoms with van der Waals surface area (Å²) in [7, 11) is 0. The first kappa shape index (κ1) is 12.2. The zero-order chi connectivity index (χ0) is 12.3. The third-order valence-corrected chi connectivity index (χ3v) is 2.16. The molecule has 1 aromatic rings. The molecule has 0 fully saturated rings. The number of ether oxygens (including phenoxy) is 1. The molecule has 0 bridgehead atoms. The molecule has 0 aliphatic rings. The van der Waals surface area contributed by atoms with Crippen molar-refractivity contribution in [3.8, 4) is 0 Å². The molecule has 2 N–H and O–H groups in total. The van der Waals surface area contributed by atoms with Crippen LogP contribution in [0.4, 0.5) is 0 Å². The Labute approximate surface area is 92.7 Å². The lowest BCUT2D eigenvalue weighted by Crippen LogP contribution is -2.30. The van der Waals surface area contributed by atoms with Crippen molar-refractivity contribution in [1.82, 2.24) is 5.16 Å². The normalized spacial score (nSPS) is 12.2. The van der Waals surface area contributed by atoms with E-state index in [2.05, 4.69) is 5.16 Å². The molecule has 88 valence electrons. The number of aromatic nitrogens is 1. The summed E-state index contributed by atoms with van der Waals surface area (Å²) in [6.07, 6.45) is -0.418. The highest BCUT2D eigenvalue weighted by molar-refractivity contribution is 5.93. The van der Waals surface area contributed by atoms with Crippen molar-refractivity contribution in [2.75, 3.05) is 0 Å². The molecule has 0 aromatic carbocycles. The number of amides is 1. The van der Waals surface area contributed by atoms with Crippen LogP contribution in [0.1, 0.15) is 35.7 Å². The molecular weight excluding hydrogens is 212 g/mol. The highest BCUT2D eigenvalue weighted by atomic mass is 16.5. The highest BCUT2D eigenvalue weighted by Gasteiger charge is 2.23. The lowest BCUT2D eigenvalue weighted by Gasteiger charge is -2.08. The number of nitrogens with two attached hydrogens (primary N) is 1. The minimum atomic E-state index is -0.966. The van der Waals surface area contributed by atoms with Crippen molar-refractivity contribution in [3.63, 3.8) is 0 Å². The van der Waals surface area contributed by atoms with E-state index in [9.17, 15) is 9.59 Å². The fraction of sp³-hybridized carbons (Fsp3) is 0.500. The third kappa shape index (κ3) is 2.39. The van der Waals surface area contributed by atoms with Gasteiger partial charge in [0, 0.05) is 0 Å². The van der Waals surface area contributed by atoms with Crippen LogP contribution >= 0.6 is 0 Å². The summed E-state index contributed by atoms with van der Waals surface area (Å²) in [5.41, 5.74) is 5.78. The molecule has 16 heavy (non-hydrogen) atoms. The Hall–Kier alpha value is -1.85. The van der Waals surface area contributed by atoms with Gasteiger partial charge in [-0.2, -0.15) is 0 Å². The predicted octanol–water partition coefficient (Wildman–Crippen LogP) is 0.576. The molecular formula is C10H14N2O4. The van der Waals surface area contributed by atoms with Crippen LogP contribution in [-0.4, -0.2) is 23.1 Å². The van der Waals surface area contributed by atoms with Crippen LogP contribution in [-0.2, 0) is 16.0 Å². The second-order valence-electron chi connectivity index (χ2n) is 3.36. The summed E-state index contributed by atoms with van der Waals surface area (Å²) in [5, 5.41) is 3.72. The summed E-state index contributed by atoms with van der Waals surface area (Å²) in [6, 6.07) is 0. The Balaban J connectivity index is 2.88. The first-order chi connectivity index (χ1) is 7.47. The Bertz CT molecular complexity index is 411. The summed E-state index contributed by atoms with van der Waals surface area (Å²) in [6.45, 7) is 4.86. The third-order valence-electron chi connectivity index (χ3n) is 2.16. The Morgan fingerprint density at radius 2 is 2.19 bits per heavy atom. The molecule has 1 atom stereocenters. The van der Waals surface area contributed by atoms with Gasteiger partial charge in [-0.1, -0.05) is 12.1 Å². The van der Waals surface area contributed by atoms with Crippen LogP contribution in [0.3, 0.4) is 0 Å². The van der Waals surface area contributed by atoms with Crippen LogP contribution in [0.25, 0.3) is 0 Å². The number of hydrogen-bond acceptors (Lipinski definition) is 5. The van der Waals surface area contributed by atoms with Gasteiger partial charge in [0.2, 0.25) is 0 Å². The van der Waals surface area contributed by atoms with Crippen LogP contribution in [0.2, 0.25) is 0 Å². The number of primary amides is 1. The molecule has 0 spiro atoms. The van der Waals surface area contributed by atoms with Crippen molar-refractivity contribution >= 4 is 11.9 Å². The van der Waals surface area contributed by atoms with Gasteiger partial charge in [0.25, 0.3) is 5.91 Å². The largest absolute Gasteiger partial charge is 0.449 e. The zero-order valence-electron chi connectivity index (χ0n) is 9.44. The van der Waals surface area contributed by atoms with Crippen LogP contribution in [0.5, 0.6) is 0 Å². The fourth-order valence-electron chi connectivity index (χ4n) is 1.20. The Kier molecular flexibility index (Phi) is 3.65. The van der Waals surface area contributed by atoms with Crippen LogP contribution < -0.4 is 5.73 Å². The summed E-state index contributed by atoms with van der Waals surface area (Å²) in [4.78, 5) is 22.4. The maximum Gasteiger partial charge on any atom is 0.344 e. The van der Waals surface area contributed by atoms with Gasteiger partial charge in [0.05, 0.1) is 5.69 Å². The fourth-order valence-corrected chi connectivity index (χ4v) is 1.20. The topological polar surface area (TPSA) is 95.4 Å². The number of nitrogens with zero attached hydrogens (tertiary/aromatic N) is 1. The Morgan fingerprint density at radius 3 is 2.69 bits per heavy atom. The van der Waals surface area contributed by atoms with Crippen molar-refractivity contribution in [2.45, 2.75) is 33.3 Å². The SMILES string of the molecule is CCc1noc(C)c1C(=O)OC(C)C(N)=O. The van der Waals surface area contributed by atoms with E-state index in [0.717, 1.165) is 0 Å². The number of hydrogen-bond donors (Lipinski definition) is 1. The zero-order valence-corrected chi connectivity index (χ0v) is 9.44. The van der Waals surface area contributed by atoms with E-state index < -0.39 is 18.0 Å². The molecule has 6 heteroatoms.